The molecule has 5 aliphatic rings. The largest absolute Gasteiger partial charge is 0.504 e. The summed E-state index contributed by atoms with van der Waals surface area (Å²) in [7, 11) is 0. The lowest BCUT2D eigenvalue weighted by molar-refractivity contribution is -0.185. The molecule has 3 N–H and O–H groups in total. The average molecular weight is 433 g/mol. The first-order valence-electron chi connectivity index (χ1n) is 12.4. The molecule has 0 radical (unpaired) electrons. The molecule has 168 valence electrons. The first kappa shape index (κ1) is 19.2. The fourth-order valence-corrected chi connectivity index (χ4v) is 7.51. The lowest BCUT2D eigenvalue weighted by atomic mass is 9.49. The Labute approximate surface area is 189 Å². The van der Waals surface area contributed by atoms with Crippen molar-refractivity contribution in [2.45, 2.75) is 74.7 Å². The van der Waals surface area contributed by atoms with E-state index >= 15 is 0 Å². The van der Waals surface area contributed by atoms with Gasteiger partial charge in [0.05, 0.1) is 11.0 Å². The number of aromatic hydroxyl groups is 1. The Morgan fingerprint density at radius 1 is 1.12 bits per heavy atom. The molecule has 7 rings (SSSR count). The Hall–Kier alpha value is -2.24. The minimum Gasteiger partial charge on any atom is -0.504 e. The van der Waals surface area contributed by atoms with Gasteiger partial charge in [0, 0.05) is 36.4 Å². The van der Waals surface area contributed by atoms with E-state index in [4.69, 9.17) is 4.74 Å². The highest BCUT2D eigenvalue weighted by atomic mass is 16.5. The molecular weight excluding hydrogens is 400 g/mol. The van der Waals surface area contributed by atoms with Gasteiger partial charge in [-0.25, -0.2) is 0 Å². The molecule has 0 aromatic heterocycles. The van der Waals surface area contributed by atoms with Crippen LogP contribution in [-0.2, 0) is 18.4 Å². The summed E-state index contributed by atoms with van der Waals surface area (Å²) in [5.41, 5.74) is 3.43. The third-order valence-electron chi connectivity index (χ3n) is 9.12. The molecule has 0 amide bonds. The van der Waals surface area contributed by atoms with Crippen LogP contribution in [0.5, 0.6) is 11.5 Å². The van der Waals surface area contributed by atoms with Gasteiger partial charge in [0.2, 0.25) is 0 Å². The molecule has 1 saturated heterocycles. The zero-order valence-electron chi connectivity index (χ0n) is 18.5. The van der Waals surface area contributed by atoms with Gasteiger partial charge < -0.3 is 20.3 Å². The summed E-state index contributed by atoms with van der Waals surface area (Å²) in [6, 6.07) is 12.4. The van der Waals surface area contributed by atoms with E-state index in [1.165, 1.54) is 24.0 Å². The van der Waals surface area contributed by atoms with Crippen LogP contribution in [0.4, 0.5) is 5.69 Å². The van der Waals surface area contributed by atoms with E-state index in [1.807, 2.05) is 12.1 Å². The number of phenolic OH excluding ortho intramolecular Hbond substituents is 1. The molecule has 32 heavy (non-hydrogen) atoms. The van der Waals surface area contributed by atoms with Crippen molar-refractivity contribution in [3.8, 4) is 11.5 Å². The zero-order chi connectivity index (χ0) is 21.5. The molecule has 3 aliphatic carbocycles. The SMILES string of the molecule is Oc1cc(NCc2ccccc2)c2c3c1O[C@H]1CCC[C@@]4(O)[C@@H](C2)N(CC2CC2)CC[C@]314. The van der Waals surface area contributed by atoms with Crippen molar-refractivity contribution in [3.05, 3.63) is 53.1 Å². The van der Waals surface area contributed by atoms with Gasteiger partial charge in [-0.2, -0.15) is 0 Å². The Morgan fingerprint density at radius 2 is 1.97 bits per heavy atom. The van der Waals surface area contributed by atoms with Crippen LogP contribution in [0.25, 0.3) is 0 Å². The van der Waals surface area contributed by atoms with Crippen molar-refractivity contribution >= 4 is 5.69 Å². The number of nitrogens with zero attached hydrogens (tertiary/aromatic N) is 1. The highest BCUT2D eigenvalue weighted by Crippen LogP contribution is 2.66. The van der Waals surface area contributed by atoms with Crippen LogP contribution >= 0.6 is 0 Å². The number of nitrogens with one attached hydrogen (secondary N) is 1. The maximum Gasteiger partial charge on any atom is 0.165 e. The number of piperidine rings is 1. The van der Waals surface area contributed by atoms with Gasteiger partial charge in [-0.05, 0) is 68.5 Å². The van der Waals surface area contributed by atoms with Gasteiger partial charge in [0.1, 0.15) is 6.10 Å². The van der Waals surface area contributed by atoms with Crippen LogP contribution in [-0.4, -0.2) is 45.9 Å². The Kier molecular flexibility index (Phi) is 4.00. The maximum atomic E-state index is 12.4. The van der Waals surface area contributed by atoms with E-state index < -0.39 is 5.60 Å². The second-order valence-electron chi connectivity index (χ2n) is 10.8. The van der Waals surface area contributed by atoms with Crippen molar-refractivity contribution in [2.24, 2.45) is 5.92 Å². The number of rotatable bonds is 5. The van der Waals surface area contributed by atoms with Crippen molar-refractivity contribution in [2.75, 3.05) is 18.4 Å². The van der Waals surface area contributed by atoms with Crippen molar-refractivity contribution < 1.29 is 14.9 Å². The number of benzene rings is 2. The number of phenols is 1. The maximum absolute atomic E-state index is 12.4. The molecule has 2 aromatic carbocycles. The molecule has 0 unspecified atom stereocenters. The highest BCUT2D eigenvalue weighted by Gasteiger charge is 2.71. The number of aliphatic hydroxyl groups is 1. The second-order valence-corrected chi connectivity index (χ2v) is 10.8. The first-order valence-corrected chi connectivity index (χ1v) is 12.4. The molecule has 2 bridgehead atoms. The predicted octanol–water partition coefficient (Wildman–Crippen LogP) is 3.96. The van der Waals surface area contributed by atoms with Crippen LogP contribution in [0.15, 0.2) is 36.4 Å². The van der Waals surface area contributed by atoms with Crippen LogP contribution in [0.3, 0.4) is 0 Å². The summed E-state index contributed by atoms with van der Waals surface area (Å²) in [5, 5.41) is 27.0. The van der Waals surface area contributed by atoms with Gasteiger partial charge in [0.25, 0.3) is 0 Å². The topological polar surface area (TPSA) is 65.0 Å². The second kappa shape index (κ2) is 6.64. The lowest BCUT2D eigenvalue weighted by Crippen LogP contribution is -2.75. The number of hydrogen-bond donors (Lipinski definition) is 3. The smallest absolute Gasteiger partial charge is 0.165 e. The fourth-order valence-electron chi connectivity index (χ4n) is 7.51. The summed E-state index contributed by atoms with van der Waals surface area (Å²) in [5.74, 6) is 1.66. The number of hydrogen-bond acceptors (Lipinski definition) is 5. The van der Waals surface area contributed by atoms with Gasteiger partial charge >= 0.3 is 0 Å². The van der Waals surface area contributed by atoms with Crippen LogP contribution < -0.4 is 10.1 Å². The van der Waals surface area contributed by atoms with Crippen molar-refractivity contribution in [1.82, 2.24) is 4.90 Å². The third kappa shape index (κ3) is 2.47. The van der Waals surface area contributed by atoms with E-state index in [1.54, 1.807) is 0 Å². The molecule has 3 fully saturated rings. The fraction of sp³-hybridized carbons (Fsp3) is 0.556. The minimum atomic E-state index is -0.772. The zero-order valence-corrected chi connectivity index (χ0v) is 18.5. The van der Waals surface area contributed by atoms with Crippen LogP contribution in [0.1, 0.15) is 55.2 Å². The summed E-state index contributed by atoms with van der Waals surface area (Å²) in [4.78, 5) is 2.60. The van der Waals surface area contributed by atoms with E-state index in [-0.39, 0.29) is 23.3 Å². The molecule has 2 aromatic rings. The highest BCUT2D eigenvalue weighted by molar-refractivity contribution is 5.72. The van der Waals surface area contributed by atoms with Gasteiger partial charge in [-0.15, -0.1) is 0 Å². The van der Waals surface area contributed by atoms with Gasteiger partial charge in [0.15, 0.2) is 11.5 Å². The molecule has 2 saturated carbocycles. The van der Waals surface area contributed by atoms with E-state index in [9.17, 15) is 10.2 Å². The van der Waals surface area contributed by atoms with Gasteiger partial charge in [-0.3, -0.25) is 4.90 Å². The molecule has 5 nitrogen and oxygen atoms in total. The third-order valence-corrected chi connectivity index (χ3v) is 9.12. The first-order chi connectivity index (χ1) is 15.6. The molecule has 4 atom stereocenters. The average Bonchev–Trinajstić information content (AvgIpc) is 3.54. The van der Waals surface area contributed by atoms with Crippen LogP contribution in [0, 0.1) is 5.92 Å². The lowest BCUT2D eigenvalue weighted by Gasteiger charge is -2.63. The predicted molar refractivity (Wildman–Crippen MR) is 123 cm³/mol. The van der Waals surface area contributed by atoms with E-state index in [0.29, 0.717) is 12.3 Å². The van der Waals surface area contributed by atoms with Gasteiger partial charge in [-0.1, -0.05) is 30.3 Å². The monoisotopic (exact) mass is 432 g/mol. The molecule has 1 spiro atoms. The summed E-state index contributed by atoms with van der Waals surface area (Å²) >= 11 is 0. The standard InChI is InChI=1S/C27H32N2O3/c30-21-14-20(28-15-17-5-2-1-3-6-17)19-13-22-27(31)10-4-7-23-26(27,24(19)25(21)32-23)11-12-29(22)16-18-8-9-18/h1-3,5-6,14,18,22-23,28,30-31H,4,7-13,15-16H2/t22-,23+,26-,27-/m1/s1. The normalized spacial score (nSPS) is 34.7. The van der Waals surface area contributed by atoms with E-state index in [0.717, 1.165) is 62.4 Å². The Morgan fingerprint density at radius 3 is 2.78 bits per heavy atom. The summed E-state index contributed by atoms with van der Waals surface area (Å²) in [6.07, 6.45) is 7.14. The quantitative estimate of drug-likeness (QED) is 0.668. The van der Waals surface area contributed by atoms with Crippen LogP contribution in [0.2, 0.25) is 0 Å². The Balaban J connectivity index is 1.35. The molecular formula is C27H32N2O3. The molecule has 2 heterocycles. The van der Waals surface area contributed by atoms with Crippen molar-refractivity contribution in [3.63, 3.8) is 0 Å². The summed E-state index contributed by atoms with van der Waals surface area (Å²) < 4.78 is 6.46. The summed E-state index contributed by atoms with van der Waals surface area (Å²) in [6.45, 7) is 2.84. The number of anilines is 1. The Bertz CT molecular complexity index is 1070. The number of likely N-dealkylation sites (tertiary alicyclic amines) is 1. The molecule has 2 aliphatic heterocycles. The van der Waals surface area contributed by atoms with E-state index in [2.05, 4.69) is 34.5 Å². The molecule has 5 heteroatoms. The van der Waals surface area contributed by atoms with Crippen molar-refractivity contribution in [1.29, 1.82) is 0 Å². The minimum absolute atomic E-state index is 0.0313. The number of ether oxygens (including phenoxy) is 1.